The summed E-state index contributed by atoms with van der Waals surface area (Å²) in [4.78, 5) is 0. The monoisotopic (exact) mass is 255 g/mol. The lowest BCUT2D eigenvalue weighted by atomic mass is 10.1. The molecule has 2 unspecified atom stereocenters. The molecule has 0 aromatic heterocycles. The highest BCUT2D eigenvalue weighted by Gasteiger charge is 2.11. The summed E-state index contributed by atoms with van der Waals surface area (Å²) in [5.41, 5.74) is 0.632. The van der Waals surface area contributed by atoms with Gasteiger partial charge in [-0.2, -0.15) is 0 Å². The van der Waals surface area contributed by atoms with Gasteiger partial charge in [0.1, 0.15) is 18.2 Å². The molecule has 0 heterocycles. The van der Waals surface area contributed by atoms with Crippen LogP contribution in [0.5, 0.6) is 5.75 Å². The number of ether oxygens (including phenoxy) is 1. The summed E-state index contributed by atoms with van der Waals surface area (Å²) in [6.07, 6.45) is 0.458. The van der Waals surface area contributed by atoms with Gasteiger partial charge in [-0.3, -0.25) is 0 Å². The standard InChI is InChI=1S/C14H22FNO2/c1-4-7-16-11(3)13-6-5-12(8-14(13)15)18-9-10(2)17/h5-6,8,10-11,16-17H,4,7,9H2,1-3H3. The maximum Gasteiger partial charge on any atom is 0.131 e. The zero-order chi connectivity index (χ0) is 13.5. The molecule has 0 aliphatic heterocycles. The van der Waals surface area contributed by atoms with Gasteiger partial charge in [-0.1, -0.05) is 13.0 Å². The van der Waals surface area contributed by atoms with Crippen LogP contribution in [0.15, 0.2) is 18.2 Å². The lowest BCUT2D eigenvalue weighted by molar-refractivity contribution is 0.122. The van der Waals surface area contributed by atoms with Gasteiger partial charge in [-0.25, -0.2) is 4.39 Å². The largest absolute Gasteiger partial charge is 0.491 e. The van der Waals surface area contributed by atoms with Gasteiger partial charge in [0.2, 0.25) is 0 Å². The van der Waals surface area contributed by atoms with Crippen molar-refractivity contribution in [2.24, 2.45) is 0 Å². The van der Waals surface area contributed by atoms with E-state index in [1.807, 2.05) is 6.92 Å². The zero-order valence-corrected chi connectivity index (χ0v) is 11.2. The molecular weight excluding hydrogens is 233 g/mol. The van der Waals surface area contributed by atoms with Crippen molar-refractivity contribution >= 4 is 0 Å². The Morgan fingerprint density at radius 3 is 2.67 bits per heavy atom. The zero-order valence-electron chi connectivity index (χ0n) is 11.2. The van der Waals surface area contributed by atoms with E-state index in [-0.39, 0.29) is 18.5 Å². The number of hydrogen-bond acceptors (Lipinski definition) is 3. The minimum Gasteiger partial charge on any atom is -0.491 e. The third-order valence-electron chi connectivity index (χ3n) is 2.63. The first-order chi connectivity index (χ1) is 8.54. The average molecular weight is 255 g/mol. The number of hydrogen-bond donors (Lipinski definition) is 2. The summed E-state index contributed by atoms with van der Waals surface area (Å²) < 4.78 is 19.1. The van der Waals surface area contributed by atoms with Crippen LogP contribution in [0.1, 0.15) is 38.8 Å². The van der Waals surface area contributed by atoms with E-state index in [9.17, 15) is 4.39 Å². The first kappa shape index (κ1) is 14.9. The van der Waals surface area contributed by atoms with Crippen molar-refractivity contribution < 1.29 is 14.2 Å². The molecule has 4 heteroatoms. The summed E-state index contributed by atoms with van der Waals surface area (Å²) >= 11 is 0. The minimum absolute atomic E-state index is 0.0178. The van der Waals surface area contributed by atoms with Crippen LogP contribution >= 0.6 is 0 Å². The molecule has 1 rings (SSSR count). The van der Waals surface area contributed by atoms with Crippen molar-refractivity contribution in [1.82, 2.24) is 5.32 Å². The topological polar surface area (TPSA) is 41.5 Å². The maximum atomic E-state index is 13.9. The number of aliphatic hydroxyl groups is 1. The molecule has 0 spiro atoms. The summed E-state index contributed by atoms with van der Waals surface area (Å²) in [6, 6.07) is 4.79. The highest BCUT2D eigenvalue weighted by molar-refractivity contribution is 5.30. The Balaban J connectivity index is 2.66. The van der Waals surface area contributed by atoms with Gasteiger partial charge in [0, 0.05) is 17.7 Å². The second-order valence-electron chi connectivity index (χ2n) is 4.52. The number of nitrogens with one attached hydrogen (secondary N) is 1. The van der Waals surface area contributed by atoms with Gasteiger partial charge in [0.15, 0.2) is 0 Å². The fraction of sp³-hybridized carbons (Fsp3) is 0.571. The Morgan fingerprint density at radius 1 is 1.39 bits per heavy atom. The number of aliphatic hydroxyl groups excluding tert-OH is 1. The van der Waals surface area contributed by atoms with Crippen LogP contribution in [-0.2, 0) is 0 Å². The molecule has 2 atom stereocenters. The lowest BCUT2D eigenvalue weighted by Crippen LogP contribution is -2.20. The van der Waals surface area contributed by atoms with E-state index in [4.69, 9.17) is 9.84 Å². The van der Waals surface area contributed by atoms with Crippen molar-refractivity contribution in [3.05, 3.63) is 29.6 Å². The van der Waals surface area contributed by atoms with Crippen LogP contribution < -0.4 is 10.1 Å². The molecule has 1 aromatic rings. The number of rotatable bonds is 7. The molecule has 3 nitrogen and oxygen atoms in total. The Bertz CT molecular complexity index is 369. The third-order valence-corrected chi connectivity index (χ3v) is 2.63. The summed E-state index contributed by atoms with van der Waals surface area (Å²) in [5.74, 6) is 0.161. The van der Waals surface area contributed by atoms with E-state index >= 15 is 0 Å². The number of halogens is 1. The van der Waals surface area contributed by atoms with Crippen LogP contribution in [0.25, 0.3) is 0 Å². The average Bonchev–Trinajstić information content (AvgIpc) is 2.33. The normalized spacial score (nSPS) is 14.3. The Labute approximate surface area is 108 Å². The highest BCUT2D eigenvalue weighted by atomic mass is 19.1. The molecule has 2 N–H and O–H groups in total. The molecule has 0 bridgehead atoms. The van der Waals surface area contributed by atoms with Gasteiger partial charge in [0.05, 0.1) is 6.10 Å². The van der Waals surface area contributed by atoms with Crippen LogP contribution in [0, 0.1) is 5.82 Å². The van der Waals surface area contributed by atoms with Crippen LogP contribution in [0.3, 0.4) is 0 Å². The van der Waals surface area contributed by atoms with Crippen LogP contribution in [0.2, 0.25) is 0 Å². The predicted molar refractivity (Wildman–Crippen MR) is 70.3 cm³/mol. The molecular formula is C14H22FNO2. The van der Waals surface area contributed by atoms with E-state index < -0.39 is 6.10 Å². The SMILES string of the molecule is CCCNC(C)c1ccc(OCC(C)O)cc1F. The van der Waals surface area contributed by atoms with E-state index in [1.165, 1.54) is 6.07 Å². The Hall–Kier alpha value is -1.13. The second-order valence-corrected chi connectivity index (χ2v) is 4.52. The van der Waals surface area contributed by atoms with Gasteiger partial charge >= 0.3 is 0 Å². The van der Waals surface area contributed by atoms with Crippen LogP contribution in [-0.4, -0.2) is 24.4 Å². The first-order valence-electron chi connectivity index (χ1n) is 6.38. The van der Waals surface area contributed by atoms with Gasteiger partial charge in [-0.05, 0) is 32.9 Å². The van der Waals surface area contributed by atoms with E-state index in [0.29, 0.717) is 11.3 Å². The van der Waals surface area contributed by atoms with Crippen molar-refractivity contribution in [2.45, 2.75) is 39.3 Å². The fourth-order valence-corrected chi connectivity index (χ4v) is 1.64. The highest BCUT2D eigenvalue weighted by Crippen LogP contribution is 2.22. The molecule has 102 valence electrons. The van der Waals surface area contributed by atoms with Gasteiger partial charge in [-0.15, -0.1) is 0 Å². The maximum absolute atomic E-state index is 13.9. The van der Waals surface area contributed by atoms with E-state index in [2.05, 4.69) is 12.2 Å². The molecule has 0 aliphatic carbocycles. The quantitative estimate of drug-likeness (QED) is 0.787. The summed E-state index contributed by atoms with van der Waals surface area (Å²) in [5, 5.41) is 12.3. The summed E-state index contributed by atoms with van der Waals surface area (Å²) in [6.45, 7) is 6.66. The molecule has 0 amide bonds. The smallest absolute Gasteiger partial charge is 0.131 e. The molecule has 0 aliphatic rings. The van der Waals surface area contributed by atoms with E-state index in [1.54, 1.807) is 19.1 Å². The molecule has 0 fully saturated rings. The van der Waals surface area contributed by atoms with E-state index in [0.717, 1.165) is 13.0 Å². The minimum atomic E-state index is -0.558. The predicted octanol–water partition coefficient (Wildman–Crippen LogP) is 2.65. The first-order valence-corrected chi connectivity index (χ1v) is 6.38. The lowest BCUT2D eigenvalue weighted by Gasteiger charge is -2.15. The van der Waals surface area contributed by atoms with Crippen LogP contribution in [0.4, 0.5) is 4.39 Å². The van der Waals surface area contributed by atoms with Gasteiger partial charge in [0.25, 0.3) is 0 Å². The third kappa shape index (κ3) is 4.63. The number of benzene rings is 1. The van der Waals surface area contributed by atoms with Crippen molar-refractivity contribution in [2.75, 3.05) is 13.2 Å². The second kappa shape index (κ2) is 7.34. The Morgan fingerprint density at radius 2 is 2.11 bits per heavy atom. The van der Waals surface area contributed by atoms with Crippen molar-refractivity contribution in [3.8, 4) is 5.75 Å². The Kier molecular flexibility index (Phi) is 6.09. The van der Waals surface area contributed by atoms with Crippen molar-refractivity contribution in [3.63, 3.8) is 0 Å². The fourth-order valence-electron chi connectivity index (χ4n) is 1.64. The molecule has 0 saturated carbocycles. The van der Waals surface area contributed by atoms with Crippen molar-refractivity contribution in [1.29, 1.82) is 0 Å². The van der Waals surface area contributed by atoms with Gasteiger partial charge < -0.3 is 15.2 Å². The molecule has 18 heavy (non-hydrogen) atoms. The summed E-state index contributed by atoms with van der Waals surface area (Å²) in [7, 11) is 0. The molecule has 1 aromatic carbocycles. The molecule has 0 radical (unpaired) electrons. The molecule has 0 saturated heterocycles.